The third-order valence-corrected chi connectivity index (χ3v) is 5.21. The average Bonchev–Trinajstić information content (AvgIpc) is 2.95. The smallest absolute Gasteiger partial charge is 0.397 e. The van der Waals surface area contributed by atoms with E-state index in [1.807, 2.05) is 0 Å². The number of hydrogen-bond donors (Lipinski definition) is 4. The van der Waals surface area contributed by atoms with Crippen LogP contribution in [0.1, 0.15) is 15.2 Å². The molecule has 0 aliphatic rings. The van der Waals surface area contributed by atoms with E-state index in [4.69, 9.17) is 28.8 Å². The van der Waals surface area contributed by atoms with Gasteiger partial charge in [0.05, 0.1) is 27.4 Å². The number of alkyl halides is 3. The molecule has 0 spiro atoms. The van der Waals surface area contributed by atoms with Crippen molar-refractivity contribution in [1.82, 2.24) is 9.97 Å². The van der Waals surface area contributed by atoms with Crippen molar-refractivity contribution in [2.24, 2.45) is 11.5 Å². The molecular weight excluding hydrogens is 417 g/mol. The Kier molecular flexibility index (Phi) is 5.33. The molecule has 28 heavy (non-hydrogen) atoms. The molecule has 7 nitrogen and oxygen atoms in total. The van der Waals surface area contributed by atoms with Gasteiger partial charge in [0, 0.05) is 18.7 Å². The molecule has 0 bridgehead atoms. The minimum atomic E-state index is -4.59. The van der Waals surface area contributed by atoms with Crippen molar-refractivity contribution in [1.29, 1.82) is 0 Å². The molecule has 0 fully saturated rings. The topological polar surface area (TPSA) is 133 Å². The van der Waals surface area contributed by atoms with Crippen molar-refractivity contribution >= 4 is 50.7 Å². The number of nitrogens with two attached hydrogens (primary N) is 3. The van der Waals surface area contributed by atoms with Gasteiger partial charge in [-0.05, 0) is 12.1 Å². The van der Waals surface area contributed by atoms with Gasteiger partial charge in [-0.2, -0.15) is 13.2 Å². The van der Waals surface area contributed by atoms with Gasteiger partial charge in [-0.1, -0.05) is 17.7 Å². The van der Waals surface area contributed by atoms with Crippen LogP contribution in [-0.4, -0.2) is 29.0 Å². The lowest BCUT2D eigenvalue weighted by molar-refractivity contribution is -0.137. The number of carbonyl (C=O) groups is 1. The summed E-state index contributed by atoms with van der Waals surface area (Å²) in [7, 11) is 0. The normalized spacial score (nSPS) is 11.8. The number of fused-ring (bicyclic) bond motifs is 1. The molecule has 0 aliphatic heterocycles. The number of carbonyl (C=O) groups excluding carboxylic acids is 1. The second-order valence-corrected chi connectivity index (χ2v) is 7.10. The van der Waals surface area contributed by atoms with Gasteiger partial charge in [0.2, 0.25) is 5.95 Å². The van der Waals surface area contributed by atoms with Gasteiger partial charge in [-0.25, -0.2) is 9.97 Å². The lowest BCUT2D eigenvalue weighted by Crippen LogP contribution is -2.15. The molecule has 0 atom stereocenters. The van der Waals surface area contributed by atoms with Gasteiger partial charge in [-0.15, -0.1) is 11.3 Å². The van der Waals surface area contributed by atoms with E-state index in [-0.39, 0.29) is 27.8 Å². The second kappa shape index (κ2) is 7.41. The maximum atomic E-state index is 13.0. The van der Waals surface area contributed by atoms with E-state index >= 15 is 0 Å². The molecule has 148 valence electrons. The number of thiophene rings is 1. The van der Waals surface area contributed by atoms with Crippen LogP contribution in [0.3, 0.4) is 0 Å². The van der Waals surface area contributed by atoms with Gasteiger partial charge in [0.15, 0.2) is 0 Å². The highest BCUT2D eigenvalue weighted by atomic mass is 35.5. The quantitative estimate of drug-likeness (QED) is 0.491. The maximum Gasteiger partial charge on any atom is 0.417 e. The predicted molar refractivity (Wildman–Crippen MR) is 103 cm³/mol. The summed E-state index contributed by atoms with van der Waals surface area (Å²) in [4.78, 5) is 20.7. The summed E-state index contributed by atoms with van der Waals surface area (Å²) >= 11 is 6.80. The zero-order chi connectivity index (χ0) is 20.6. The van der Waals surface area contributed by atoms with Crippen molar-refractivity contribution in [2.45, 2.75) is 6.18 Å². The van der Waals surface area contributed by atoms with Crippen LogP contribution in [0.2, 0.25) is 5.02 Å². The molecule has 0 unspecified atom stereocenters. The van der Waals surface area contributed by atoms with Crippen molar-refractivity contribution in [3.05, 3.63) is 33.7 Å². The fourth-order valence-electron chi connectivity index (χ4n) is 2.57. The first kappa shape index (κ1) is 20.1. The van der Waals surface area contributed by atoms with Crippen LogP contribution in [-0.2, 0) is 6.18 Å². The van der Waals surface area contributed by atoms with Crippen molar-refractivity contribution in [2.75, 3.05) is 24.1 Å². The number of amides is 1. The molecule has 0 aliphatic carbocycles. The van der Waals surface area contributed by atoms with E-state index in [1.165, 1.54) is 6.07 Å². The summed E-state index contributed by atoms with van der Waals surface area (Å²) in [6.45, 7) is 0.671. The highest BCUT2D eigenvalue weighted by Gasteiger charge is 2.33. The van der Waals surface area contributed by atoms with E-state index in [9.17, 15) is 18.0 Å². The Hall–Kier alpha value is -2.63. The zero-order valence-corrected chi connectivity index (χ0v) is 15.7. The fraction of sp³-hybridized carbons (Fsp3) is 0.188. The van der Waals surface area contributed by atoms with Crippen LogP contribution in [0.15, 0.2) is 18.2 Å². The number of aromatic nitrogens is 2. The first-order valence-corrected chi connectivity index (χ1v) is 9.03. The molecule has 0 saturated heterocycles. The molecular formula is C16H14ClF3N6OS. The molecule has 0 radical (unpaired) electrons. The zero-order valence-electron chi connectivity index (χ0n) is 14.1. The molecule has 12 heteroatoms. The Bertz CT molecular complexity index is 1070. The summed E-state index contributed by atoms with van der Waals surface area (Å²) in [5.41, 5.74) is 16.4. The average molecular weight is 431 g/mol. The summed E-state index contributed by atoms with van der Waals surface area (Å²) in [5.74, 6) is -0.561. The minimum absolute atomic E-state index is 0.0592. The van der Waals surface area contributed by atoms with Crippen LogP contribution in [0, 0.1) is 0 Å². The SMILES string of the molecule is NCCNc1nc(-c2ccc(C(F)(F)F)c(Cl)c2)c2c(N)c(C(N)=O)sc2n1. The van der Waals surface area contributed by atoms with Crippen LogP contribution in [0.5, 0.6) is 0 Å². The number of hydrogen-bond acceptors (Lipinski definition) is 7. The van der Waals surface area contributed by atoms with Crippen molar-refractivity contribution in [3.8, 4) is 11.3 Å². The Balaban J connectivity index is 2.26. The molecule has 1 aromatic carbocycles. The van der Waals surface area contributed by atoms with E-state index in [2.05, 4.69) is 15.3 Å². The standard InChI is InChI=1S/C16H14ClF3N6OS/c17-8-5-6(1-2-7(8)16(18,19)20)11-9-10(22)12(13(23)27)28-14(9)26-15(25-11)24-4-3-21/h1-2,5H,3-4,21-22H2,(H2,23,27)(H,24,25,26). The predicted octanol–water partition coefficient (Wildman–Crippen LogP) is 3.08. The van der Waals surface area contributed by atoms with Gasteiger partial charge in [0.25, 0.3) is 5.91 Å². The number of benzene rings is 1. The van der Waals surface area contributed by atoms with Crippen LogP contribution >= 0.6 is 22.9 Å². The fourth-order valence-corrected chi connectivity index (χ4v) is 3.80. The van der Waals surface area contributed by atoms with Crippen molar-refractivity contribution < 1.29 is 18.0 Å². The largest absolute Gasteiger partial charge is 0.417 e. The number of nitrogen functional groups attached to an aromatic ring is 1. The van der Waals surface area contributed by atoms with Crippen LogP contribution < -0.4 is 22.5 Å². The number of nitrogens with zero attached hydrogens (tertiary/aromatic N) is 2. The van der Waals surface area contributed by atoms with Gasteiger partial charge < -0.3 is 22.5 Å². The Morgan fingerprint density at radius 2 is 2.00 bits per heavy atom. The first-order valence-electron chi connectivity index (χ1n) is 7.84. The summed E-state index contributed by atoms with van der Waals surface area (Å²) in [6, 6.07) is 3.22. The number of nitrogens with one attached hydrogen (secondary N) is 1. The van der Waals surface area contributed by atoms with Gasteiger partial charge in [0.1, 0.15) is 9.71 Å². The van der Waals surface area contributed by atoms with Gasteiger partial charge in [-0.3, -0.25) is 4.79 Å². The number of primary amides is 1. The van der Waals surface area contributed by atoms with E-state index < -0.39 is 22.7 Å². The summed E-state index contributed by atoms with van der Waals surface area (Å²) in [6.07, 6.45) is -4.59. The third kappa shape index (κ3) is 3.68. The minimum Gasteiger partial charge on any atom is -0.397 e. The van der Waals surface area contributed by atoms with E-state index in [0.29, 0.717) is 23.3 Å². The Morgan fingerprint density at radius 3 is 2.57 bits per heavy atom. The number of rotatable bonds is 5. The van der Waals surface area contributed by atoms with Crippen molar-refractivity contribution in [3.63, 3.8) is 0 Å². The first-order chi connectivity index (χ1) is 13.1. The highest BCUT2D eigenvalue weighted by molar-refractivity contribution is 7.21. The lowest BCUT2D eigenvalue weighted by Gasteiger charge is -2.12. The monoisotopic (exact) mass is 430 g/mol. The Morgan fingerprint density at radius 1 is 1.29 bits per heavy atom. The number of halogens is 4. The molecule has 2 aromatic heterocycles. The number of anilines is 2. The molecule has 7 N–H and O–H groups in total. The third-order valence-electron chi connectivity index (χ3n) is 3.79. The van der Waals surface area contributed by atoms with Gasteiger partial charge >= 0.3 is 6.18 Å². The summed E-state index contributed by atoms with van der Waals surface area (Å²) in [5, 5.41) is 2.72. The van der Waals surface area contributed by atoms with Crippen LogP contribution in [0.4, 0.5) is 24.8 Å². The van der Waals surface area contributed by atoms with E-state index in [0.717, 1.165) is 23.5 Å². The van der Waals surface area contributed by atoms with Crippen LogP contribution in [0.25, 0.3) is 21.5 Å². The highest BCUT2D eigenvalue weighted by Crippen LogP contribution is 2.41. The lowest BCUT2D eigenvalue weighted by atomic mass is 10.1. The molecule has 2 heterocycles. The summed E-state index contributed by atoms with van der Waals surface area (Å²) < 4.78 is 39.0. The Labute approximate surface area is 165 Å². The maximum absolute atomic E-state index is 13.0. The molecule has 3 rings (SSSR count). The van der Waals surface area contributed by atoms with E-state index in [1.54, 1.807) is 0 Å². The second-order valence-electron chi connectivity index (χ2n) is 5.69. The molecule has 0 saturated carbocycles. The molecule has 3 aromatic rings. The molecule has 1 amide bonds.